The smallest absolute Gasteiger partial charge is 0.320 e. The number of amidine groups is 1. The molecule has 2 fully saturated rings. The number of halogens is 2. The van der Waals surface area contributed by atoms with Gasteiger partial charge in [-0.25, -0.2) is 4.79 Å². The number of piperazine rings is 1. The van der Waals surface area contributed by atoms with Gasteiger partial charge in [-0.05, 0) is 63.8 Å². The molecule has 1 saturated heterocycles. The lowest BCUT2D eigenvalue weighted by atomic mass is 9.85. The third-order valence-corrected chi connectivity index (χ3v) is 6.32. The second-order valence-electron chi connectivity index (χ2n) is 8.82. The van der Waals surface area contributed by atoms with E-state index in [1.54, 1.807) is 0 Å². The third-order valence-electron chi connectivity index (χ3n) is 6.32. The van der Waals surface area contributed by atoms with Crippen molar-refractivity contribution >= 4 is 48.3 Å². The standard InChI is InChI=1S/C23H35N5O3.2ClH/c1-16(2)31-22(29)18-6-8-19(9-7-18)26(3)23(30)28-14-12-27(13-15-28)20-10-4-17(5-11-20)21(24)25;;/h4-5,10-11,16,18-19H,6-9,12-15H2,1-3H3,(H3,24,25);2*1H/t18-,19-;;. The molecular formula is C23H37Cl2N5O3. The van der Waals surface area contributed by atoms with Gasteiger partial charge in [-0.2, -0.15) is 0 Å². The average Bonchev–Trinajstić information content (AvgIpc) is 2.78. The van der Waals surface area contributed by atoms with Gasteiger partial charge in [0.05, 0.1) is 12.0 Å². The number of benzene rings is 1. The molecule has 3 rings (SSSR count). The van der Waals surface area contributed by atoms with Gasteiger partial charge in [0.15, 0.2) is 0 Å². The van der Waals surface area contributed by atoms with Crippen LogP contribution in [0, 0.1) is 11.3 Å². The zero-order chi connectivity index (χ0) is 22.5. The average molecular weight is 502 g/mol. The second kappa shape index (κ2) is 12.9. The number of nitrogens with zero attached hydrogens (tertiary/aromatic N) is 3. The summed E-state index contributed by atoms with van der Waals surface area (Å²) in [6, 6.07) is 7.91. The number of nitrogen functional groups attached to an aromatic ring is 1. The fourth-order valence-electron chi connectivity index (χ4n) is 4.41. The van der Waals surface area contributed by atoms with Crippen molar-refractivity contribution < 1.29 is 14.3 Å². The first kappa shape index (κ1) is 28.8. The second-order valence-corrected chi connectivity index (χ2v) is 8.82. The number of anilines is 1. The number of hydrogen-bond acceptors (Lipinski definition) is 5. The van der Waals surface area contributed by atoms with Crippen LogP contribution in [-0.4, -0.2) is 73.0 Å². The number of esters is 1. The normalized spacial score (nSPS) is 20.4. The van der Waals surface area contributed by atoms with E-state index >= 15 is 0 Å². The van der Waals surface area contributed by atoms with Crippen LogP contribution in [-0.2, 0) is 9.53 Å². The number of hydrogen-bond donors (Lipinski definition) is 2. The summed E-state index contributed by atoms with van der Waals surface area (Å²) < 4.78 is 5.34. The Labute approximate surface area is 209 Å². The van der Waals surface area contributed by atoms with Crippen molar-refractivity contribution in [3.05, 3.63) is 29.8 Å². The first-order chi connectivity index (χ1) is 14.8. The van der Waals surface area contributed by atoms with E-state index in [-0.39, 0.29) is 60.7 Å². The molecule has 1 saturated carbocycles. The predicted molar refractivity (Wildman–Crippen MR) is 136 cm³/mol. The van der Waals surface area contributed by atoms with Crippen molar-refractivity contribution in [3.8, 4) is 0 Å². The molecule has 0 radical (unpaired) electrons. The van der Waals surface area contributed by atoms with Crippen molar-refractivity contribution in [2.45, 2.75) is 51.7 Å². The molecule has 0 bridgehead atoms. The predicted octanol–water partition coefficient (Wildman–Crippen LogP) is 3.50. The molecule has 1 heterocycles. The number of nitrogens with two attached hydrogens (primary N) is 1. The number of urea groups is 1. The summed E-state index contributed by atoms with van der Waals surface area (Å²) in [6.45, 7) is 6.63. The highest BCUT2D eigenvalue weighted by molar-refractivity contribution is 5.95. The maximum absolute atomic E-state index is 13.0. The van der Waals surface area contributed by atoms with Crippen molar-refractivity contribution in [2.24, 2.45) is 11.7 Å². The topological polar surface area (TPSA) is 103 Å². The number of ether oxygens (including phenoxy) is 1. The summed E-state index contributed by atoms with van der Waals surface area (Å²) in [5.41, 5.74) is 7.32. The summed E-state index contributed by atoms with van der Waals surface area (Å²) in [5, 5.41) is 7.50. The lowest BCUT2D eigenvalue weighted by Gasteiger charge is -2.41. The number of amides is 2. The van der Waals surface area contributed by atoms with Gasteiger partial charge in [-0.1, -0.05) is 0 Å². The molecule has 1 aromatic rings. The Kier molecular flexibility index (Phi) is 11.3. The zero-order valence-electron chi connectivity index (χ0n) is 19.7. The highest BCUT2D eigenvalue weighted by Gasteiger charge is 2.33. The summed E-state index contributed by atoms with van der Waals surface area (Å²) in [7, 11) is 1.88. The van der Waals surface area contributed by atoms with Crippen molar-refractivity contribution in [3.63, 3.8) is 0 Å². The Morgan fingerprint density at radius 2 is 1.58 bits per heavy atom. The lowest BCUT2D eigenvalue weighted by Crippen LogP contribution is -2.54. The summed E-state index contributed by atoms with van der Waals surface area (Å²) in [4.78, 5) is 31.2. The first-order valence-corrected chi connectivity index (χ1v) is 11.2. The number of nitrogens with one attached hydrogen (secondary N) is 1. The molecule has 8 nitrogen and oxygen atoms in total. The fraction of sp³-hybridized carbons (Fsp3) is 0.609. The quantitative estimate of drug-likeness (QED) is 0.365. The van der Waals surface area contributed by atoms with E-state index in [1.807, 2.05) is 55.0 Å². The molecule has 0 atom stereocenters. The molecular weight excluding hydrogens is 465 g/mol. The molecule has 0 spiro atoms. The van der Waals surface area contributed by atoms with E-state index < -0.39 is 0 Å². The van der Waals surface area contributed by atoms with Gasteiger partial charge in [-0.15, -0.1) is 24.8 Å². The maximum atomic E-state index is 13.0. The maximum Gasteiger partial charge on any atom is 0.320 e. The molecule has 186 valence electrons. The van der Waals surface area contributed by atoms with Crippen LogP contribution >= 0.6 is 24.8 Å². The van der Waals surface area contributed by atoms with E-state index in [0.717, 1.165) is 44.5 Å². The molecule has 33 heavy (non-hydrogen) atoms. The largest absolute Gasteiger partial charge is 0.463 e. The van der Waals surface area contributed by atoms with E-state index in [0.29, 0.717) is 18.7 Å². The molecule has 1 aromatic carbocycles. The molecule has 1 aliphatic heterocycles. The SMILES string of the molecule is CC(C)OC(=O)[C@H]1CC[C@H](N(C)C(=O)N2CCN(c3ccc(C(=N)N)cc3)CC2)CC1.Cl.Cl. The minimum Gasteiger partial charge on any atom is -0.463 e. The molecule has 1 aliphatic carbocycles. The molecule has 2 amide bonds. The van der Waals surface area contributed by atoms with Crippen LogP contribution in [0.25, 0.3) is 0 Å². The van der Waals surface area contributed by atoms with Crippen LogP contribution in [0.2, 0.25) is 0 Å². The van der Waals surface area contributed by atoms with Gasteiger partial charge in [0, 0.05) is 50.5 Å². The molecule has 0 aromatic heterocycles. The highest BCUT2D eigenvalue weighted by Crippen LogP contribution is 2.29. The lowest BCUT2D eigenvalue weighted by molar-refractivity contribution is -0.153. The van der Waals surface area contributed by atoms with Crippen LogP contribution in [0.3, 0.4) is 0 Å². The summed E-state index contributed by atoms with van der Waals surface area (Å²) >= 11 is 0. The van der Waals surface area contributed by atoms with Gasteiger partial charge in [0.1, 0.15) is 5.84 Å². The van der Waals surface area contributed by atoms with Crippen molar-refractivity contribution in [1.82, 2.24) is 9.80 Å². The van der Waals surface area contributed by atoms with Gasteiger partial charge in [-0.3, -0.25) is 10.2 Å². The van der Waals surface area contributed by atoms with Crippen LogP contribution < -0.4 is 10.6 Å². The number of carbonyl (C=O) groups excluding carboxylic acids is 2. The monoisotopic (exact) mass is 501 g/mol. The van der Waals surface area contributed by atoms with E-state index in [2.05, 4.69) is 4.90 Å². The molecule has 0 unspecified atom stereocenters. The number of rotatable bonds is 5. The van der Waals surface area contributed by atoms with Crippen molar-refractivity contribution in [2.75, 3.05) is 38.1 Å². The summed E-state index contributed by atoms with van der Waals surface area (Å²) in [5.74, 6) is -0.0779. The fourth-order valence-corrected chi connectivity index (χ4v) is 4.41. The Balaban J connectivity index is 0.00000272. The van der Waals surface area contributed by atoms with Gasteiger partial charge >= 0.3 is 12.0 Å². The Morgan fingerprint density at radius 1 is 1.03 bits per heavy atom. The Bertz CT molecular complexity index is 790. The van der Waals surface area contributed by atoms with E-state index in [9.17, 15) is 9.59 Å². The third kappa shape index (κ3) is 7.40. The minimum absolute atomic E-state index is 0. The van der Waals surface area contributed by atoms with Gasteiger partial charge < -0.3 is 25.2 Å². The van der Waals surface area contributed by atoms with Crippen LogP contribution in [0.15, 0.2) is 24.3 Å². The Morgan fingerprint density at radius 3 is 2.06 bits per heavy atom. The first-order valence-electron chi connectivity index (χ1n) is 11.2. The van der Waals surface area contributed by atoms with Crippen molar-refractivity contribution in [1.29, 1.82) is 5.41 Å². The van der Waals surface area contributed by atoms with Crippen LogP contribution in [0.1, 0.15) is 45.1 Å². The van der Waals surface area contributed by atoms with E-state index in [1.165, 1.54) is 0 Å². The molecule has 2 aliphatic rings. The van der Waals surface area contributed by atoms with Gasteiger partial charge in [0.25, 0.3) is 0 Å². The van der Waals surface area contributed by atoms with Gasteiger partial charge in [0.2, 0.25) is 0 Å². The summed E-state index contributed by atoms with van der Waals surface area (Å²) in [6.07, 6.45) is 3.14. The Hall–Kier alpha value is -2.19. The van der Waals surface area contributed by atoms with Crippen LogP contribution in [0.4, 0.5) is 10.5 Å². The zero-order valence-corrected chi connectivity index (χ0v) is 21.3. The molecule has 10 heteroatoms. The highest BCUT2D eigenvalue weighted by atomic mass is 35.5. The number of carbonyl (C=O) groups is 2. The van der Waals surface area contributed by atoms with E-state index in [4.69, 9.17) is 15.9 Å². The molecule has 3 N–H and O–H groups in total. The minimum atomic E-state index is -0.102. The van der Waals surface area contributed by atoms with Crippen LogP contribution in [0.5, 0.6) is 0 Å².